The molecule has 5 nitrogen and oxygen atoms in total. The Morgan fingerprint density at radius 2 is 2.41 bits per heavy atom. The van der Waals surface area contributed by atoms with Crippen LogP contribution < -0.4 is 5.32 Å². The predicted molar refractivity (Wildman–Crippen MR) is 84.7 cm³/mol. The molecule has 1 N–H and O–H groups in total. The van der Waals surface area contributed by atoms with Gasteiger partial charge < -0.3 is 10.1 Å². The van der Waals surface area contributed by atoms with Crippen LogP contribution in [0.3, 0.4) is 0 Å². The first-order chi connectivity index (χ1) is 10.8. The summed E-state index contributed by atoms with van der Waals surface area (Å²) in [6.07, 6.45) is 4.29. The minimum Gasteiger partial charge on any atom is -0.381 e. The van der Waals surface area contributed by atoms with Crippen molar-refractivity contribution in [1.29, 1.82) is 0 Å². The van der Waals surface area contributed by atoms with E-state index in [9.17, 15) is 4.79 Å². The second-order valence-electron chi connectivity index (χ2n) is 5.41. The molecular formula is C16H19N3O2S. The number of hydrogen-bond donors (Lipinski definition) is 1. The summed E-state index contributed by atoms with van der Waals surface area (Å²) in [6.45, 7) is 1.95. The van der Waals surface area contributed by atoms with Crippen LogP contribution in [0.15, 0.2) is 29.1 Å². The quantitative estimate of drug-likeness (QED) is 0.919. The van der Waals surface area contributed by atoms with Crippen molar-refractivity contribution in [3.8, 4) is 0 Å². The highest BCUT2D eigenvalue weighted by molar-refractivity contribution is 7.07. The summed E-state index contributed by atoms with van der Waals surface area (Å²) < 4.78 is 5.48. The summed E-state index contributed by atoms with van der Waals surface area (Å²) in [4.78, 5) is 20.8. The number of carbonyl (C=O) groups excluding carboxylic acids is 1. The smallest absolute Gasteiger partial charge is 0.224 e. The van der Waals surface area contributed by atoms with Crippen LogP contribution in [-0.2, 0) is 22.5 Å². The van der Waals surface area contributed by atoms with Crippen LogP contribution in [-0.4, -0.2) is 29.1 Å². The van der Waals surface area contributed by atoms with Gasteiger partial charge in [-0.15, -0.1) is 0 Å². The Morgan fingerprint density at radius 3 is 3.18 bits per heavy atom. The molecule has 1 atom stereocenters. The molecule has 0 aliphatic carbocycles. The number of rotatable bonds is 5. The number of hydrogen-bond acceptors (Lipinski definition) is 5. The van der Waals surface area contributed by atoms with Gasteiger partial charge in [0.15, 0.2) is 0 Å². The van der Waals surface area contributed by atoms with E-state index in [2.05, 4.69) is 15.3 Å². The van der Waals surface area contributed by atoms with Crippen LogP contribution in [0.5, 0.6) is 0 Å². The van der Waals surface area contributed by atoms with Gasteiger partial charge in [0.05, 0.1) is 25.3 Å². The zero-order valence-electron chi connectivity index (χ0n) is 12.3. The average Bonchev–Trinajstić information content (AvgIpc) is 3.07. The average molecular weight is 317 g/mol. The molecule has 1 aliphatic rings. The summed E-state index contributed by atoms with van der Waals surface area (Å²) in [5.74, 6) is 1.11. The number of nitrogens with zero attached hydrogens (tertiary/aromatic N) is 2. The minimum atomic E-state index is 0.0135. The van der Waals surface area contributed by atoms with Crippen molar-refractivity contribution in [2.24, 2.45) is 0 Å². The summed E-state index contributed by atoms with van der Waals surface area (Å²) in [6, 6.07) is 3.81. The molecule has 0 spiro atoms. The molecule has 3 heterocycles. The fourth-order valence-corrected chi connectivity index (χ4v) is 3.15. The first-order valence-electron chi connectivity index (χ1n) is 7.48. The number of carbonyl (C=O) groups is 1. The van der Waals surface area contributed by atoms with E-state index in [0.717, 1.165) is 36.5 Å². The van der Waals surface area contributed by atoms with E-state index in [-0.39, 0.29) is 11.8 Å². The van der Waals surface area contributed by atoms with E-state index >= 15 is 0 Å². The van der Waals surface area contributed by atoms with E-state index < -0.39 is 0 Å². The summed E-state index contributed by atoms with van der Waals surface area (Å²) in [5, 5.41) is 6.88. The van der Waals surface area contributed by atoms with Gasteiger partial charge in [0.2, 0.25) is 5.91 Å². The maximum Gasteiger partial charge on any atom is 0.224 e. The topological polar surface area (TPSA) is 64.1 Å². The molecule has 0 saturated carbocycles. The number of nitrogens with one attached hydrogen (secondary N) is 1. The lowest BCUT2D eigenvalue weighted by molar-refractivity contribution is -0.120. The first-order valence-corrected chi connectivity index (χ1v) is 8.43. The van der Waals surface area contributed by atoms with Crippen LogP contribution in [0.1, 0.15) is 35.8 Å². The van der Waals surface area contributed by atoms with Gasteiger partial charge in [0, 0.05) is 18.7 Å². The number of thiophene rings is 1. The molecule has 2 aromatic heterocycles. The van der Waals surface area contributed by atoms with E-state index in [4.69, 9.17) is 4.74 Å². The molecule has 1 fully saturated rings. The first kappa shape index (κ1) is 15.1. The molecule has 3 rings (SSSR count). The zero-order chi connectivity index (χ0) is 15.2. The molecule has 1 saturated heterocycles. The Balaban J connectivity index is 1.54. The monoisotopic (exact) mass is 317 g/mol. The molecule has 0 aromatic carbocycles. The summed E-state index contributed by atoms with van der Waals surface area (Å²) >= 11 is 1.60. The normalized spacial score (nSPS) is 18.1. The fourth-order valence-electron chi connectivity index (χ4n) is 2.48. The van der Waals surface area contributed by atoms with Crippen LogP contribution in [0.4, 0.5) is 0 Å². The van der Waals surface area contributed by atoms with Gasteiger partial charge in [0.1, 0.15) is 5.82 Å². The van der Waals surface area contributed by atoms with Crippen molar-refractivity contribution < 1.29 is 9.53 Å². The molecule has 1 unspecified atom stereocenters. The van der Waals surface area contributed by atoms with E-state index in [1.54, 1.807) is 17.5 Å². The maximum atomic E-state index is 11.9. The van der Waals surface area contributed by atoms with Gasteiger partial charge in [0.25, 0.3) is 0 Å². The highest BCUT2D eigenvalue weighted by Gasteiger charge is 2.18. The molecule has 1 amide bonds. The predicted octanol–water partition coefficient (Wildman–Crippen LogP) is 2.29. The van der Waals surface area contributed by atoms with Crippen molar-refractivity contribution >= 4 is 17.2 Å². The van der Waals surface area contributed by atoms with Gasteiger partial charge in [-0.2, -0.15) is 11.3 Å². The van der Waals surface area contributed by atoms with Gasteiger partial charge in [-0.1, -0.05) is 0 Å². The van der Waals surface area contributed by atoms with Crippen molar-refractivity contribution in [3.05, 3.63) is 46.2 Å². The number of ether oxygens (including phenoxy) is 1. The van der Waals surface area contributed by atoms with E-state index in [1.165, 1.54) is 0 Å². The van der Waals surface area contributed by atoms with Gasteiger partial charge in [-0.3, -0.25) is 4.79 Å². The second-order valence-corrected chi connectivity index (χ2v) is 6.19. The van der Waals surface area contributed by atoms with Crippen molar-refractivity contribution in [1.82, 2.24) is 15.3 Å². The third-order valence-corrected chi connectivity index (χ3v) is 4.40. The van der Waals surface area contributed by atoms with Crippen molar-refractivity contribution in [3.63, 3.8) is 0 Å². The third kappa shape index (κ3) is 4.11. The zero-order valence-corrected chi connectivity index (χ0v) is 13.1. The lowest BCUT2D eigenvalue weighted by Crippen LogP contribution is -2.25. The molecule has 116 valence electrons. The highest BCUT2D eigenvalue weighted by Crippen LogP contribution is 2.22. The van der Waals surface area contributed by atoms with Crippen molar-refractivity contribution in [2.75, 3.05) is 13.2 Å². The lowest BCUT2D eigenvalue weighted by Gasteiger charge is -2.20. The highest BCUT2D eigenvalue weighted by atomic mass is 32.1. The van der Waals surface area contributed by atoms with Gasteiger partial charge in [-0.25, -0.2) is 9.97 Å². The van der Waals surface area contributed by atoms with Crippen LogP contribution in [0, 0.1) is 0 Å². The Kier molecular flexibility index (Phi) is 5.13. The summed E-state index contributed by atoms with van der Waals surface area (Å²) in [5.41, 5.74) is 1.89. The molecule has 2 aromatic rings. The SMILES string of the molecule is O=C(Cc1ccsc1)NCc1ccnc(C2CCCOC2)n1. The van der Waals surface area contributed by atoms with Crippen LogP contribution in [0.2, 0.25) is 0 Å². The maximum absolute atomic E-state index is 11.9. The van der Waals surface area contributed by atoms with E-state index in [0.29, 0.717) is 19.6 Å². The molecule has 0 bridgehead atoms. The standard InChI is InChI=1S/C16H19N3O2S/c20-15(8-12-4-7-22-11-12)18-9-14-3-5-17-16(19-14)13-2-1-6-21-10-13/h3-5,7,11,13H,1-2,6,8-10H2,(H,18,20). The van der Waals surface area contributed by atoms with Gasteiger partial charge in [-0.05, 0) is 41.3 Å². The van der Waals surface area contributed by atoms with E-state index in [1.807, 2.05) is 22.9 Å². The van der Waals surface area contributed by atoms with Gasteiger partial charge >= 0.3 is 0 Å². The third-order valence-electron chi connectivity index (χ3n) is 3.67. The number of aromatic nitrogens is 2. The molecule has 0 radical (unpaired) electrons. The molecule has 1 aliphatic heterocycles. The summed E-state index contributed by atoms with van der Waals surface area (Å²) in [7, 11) is 0. The number of amides is 1. The minimum absolute atomic E-state index is 0.0135. The fraction of sp³-hybridized carbons (Fsp3) is 0.438. The molecule has 22 heavy (non-hydrogen) atoms. The second kappa shape index (κ2) is 7.47. The Bertz CT molecular complexity index is 610. The Hall–Kier alpha value is -1.79. The molecule has 6 heteroatoms. The molecular weight excluding hydrogens is 298 g/mol. The Labute approximate surface area is 133 Å². The largest absolute Gasteiger partial charge is 0.381 e. The lowest BCUT2D eigenvalue weighted by atomic mass is 10.0. The van der Waals surface area contributed by atoms with Crippen LogP contribution >= 0.6 is 11.3 Å². The van der Waals surface area contributed by atoms with Crippen LogP contribution in [0.25, 0.3) is 0 Å². The Morgan fingerprint density at radius 1 is 1.45 bits per heavy atom. The van der Waals surface area contributed by atoms with Crippen molar-refractivity contribution in [2.45, 2.75) is 31.7 Å².